The summed E-state index contributed by atoms with van der Waals surface area (Å²) in [6, 6.07) is 16.3. The molecule has 1 aromatic carbocycles. The Morgan fingerprint density at radius 3 is 2.50 bits per heavy atom. The quantitative estimate of drug-likeness (QED) is 0.651. The molecule has 5 heteroatoms. The van der Waals surface area contributed by atoms with E-state index in [-0.39, 0.29) is 0 Å². The monoisotopic (exact) mass is 401 g/mol. The minimum absolute atomic E-state index is 0.889. The first kappa shape index (κ1) is 18.3. The van der Waals surface area contributed by atoms with Gasteiger partial charge in [0.15, 0.2) is 0 Å². The fourth-order valence-electron chi connectivity index (χ4n) is 5.50. The van der Waals surface area contributed by atoms with Gasteiger partial charge in [-0.1, -0.05) is 18.2 Å². The van der Waals surface area contributed by atoms with Crippen LogP contribution in [-0.4, -0.2) is 59.8 Å². The zero-order valence-electron chi connectivity index (χ0n) is 17.9. The van der Waals surface area contributed by atoms with Crippen LogP contribution in [-0.2, 0) is 6.54 Å². The number of likely N-dealkylation sites (tertiary alicyclic amines) is 1. The second-order valence-corrected chi connectivity index (χ2v) is 9.24. The highest BCUT2D eigenvalue weighted by molar-refractivity contribution is 5.78. The predicted molar refractivity (Wildman–Crippen MR) is 123 cm³/mol. The van der Waals surface area contributed by atoms with E-state index < -0.39 is 0 Å². The smallest absolute Gasteiger partial charge is 0.142 e. The molecule has 3 aromatic rings. The lowest BCUT2D eigenvalue weighted by Gasteiger charge is -2.37. The molecule has 6 rings (SSSR count). The highest BCUT2D eigenvalue weighted by Gasteiger charge is 2.46. The third kappa shape index (κ3) is 3.25. The van der Waals surface area contributed by atoms with Crippen LogP contribution in [0.25, 0.3) is 11.0 Å². The topological polar surface area (TPSA) is 27.5 Å². The largest absolute Gasteiger partial charge is 0.368 e. The minimum Gasteiger partial charge on any atom is -0.368 e. The van der Waals surface area contributed by atoms with Crippen molar-refractivity contribution in [1.82, 2.24) is 14.5 Å². The summed E-state index contributed by atoms with van der Waals surface area (Å²) in [6.07, 6.45) is 5.06. The van der Waals surface area contributed by atoms with Crippen molar-refractivity contribution in [1.29, 1.82) is 0 Å². The number of hydrogen-bond acceptors (Lipinski definition) is 4. The molecule has 2 aliphatic heterocycles. The van der Waals surface area contributed by atoms with Crippen LogP contribution in [0.4, 0.5) is 11.5 Å². The van der Waals surface area contributed by atoms with E-state index >= 15 is 0 Å². The van der Waals surface area contributed by atoms with Crippen LogP contribution in [0.1, 0.15) is 18.4 Å². The SMILES string of the molecule is Cc1ccccc1N1CCN(c2ccc3ccn(CCN4CCC5CC54)c3n2)CC1. The molecule has 2 saturated heterocycles. The average molecular weight is 402 g/mol. The number of nitrogens with zero attached hydrogens (tertiary/aromatic N) is 5. The number of piperidine rings is 1. The zero-order chi connectivity index (χ0) is 20.1. The lowest BCUT2D eigenvalue weighted by molar-refractivity contribution is 0.288. The Morgan fingerprint density at radius 1 is 0.900 bits per heavy atom. The Kier molecular flexibility index (Phi) is 4.45. The molecule has 0 N–H and O–H groups in total. The van der Waals surface area contributed by atoms with Crippen LogP contribution >= 0.6 is 0 Å². The molecule has 0 spiro atoms. The minimum atomic E-state index is 0.889. The lowest BCUT2D eigenvalue weighted by atomic mass is 10.1. The van der Waals surface area contributed by atoms with Crippen molar-refractivity contribution in [2.45, 2.75) is 32.4 Å². The third-order valence-electron chi connectivity index (χ3n) is 7.43. The molecular formula is C25H31N5. The molecule has 3 fully saturated rings. The Bertz CT molecular complexity index is 1050. The van der Waals surface area contributed by atoms with Gasteiger partial charge >= 0.3 is 0 Å². The first-order chi connectivity index (χ1) is 14.8. The van der Waals surface area contributed by atoms with Gasteiger partial charge < -0.3 is 14.4 Å². The molecule has 2 unspecified atom stereocenters. The number of piperazine rings is 1. The first-order valence-electron chi connectivity index (χ1n) is 11.5. The molecule has 0 amide bonds. The van der Waals surface area contributed by atoms with Gasteiger partial charge in [-0.25, -0.2) is 4.98 Å². The van der Waals surface area contributed by atoms with Crippen molar-refractivity contribution in [2.75, 3.05) is 49.1 Å². The van der Waals surface area contributed by atoms with Gasteiger partial charge in [0.2, 0.25) is 0 Å². The van der Waals surface area contributed by atoms with E-state index in [9.17, 15) is 0 Å². The van der Waals surface area contributed by atoms with Crippen LogP contribution in [0.5, 0.6) is 0 Å². The second kappa shape index (κ2) is 7.31. The van der Waals surface area contributed by atoms with Crippen molar-refractivity contribution in [3.63, 3.8) is 0 Å². The third-order valence-corrected chi connectivity index (χ3v) is 7.43. The molecule has 0 bridgehead atoms. The van der Waals surface area contributed by atoms with Crippen LogP contribution in [0.3, 0.4) is 0 Å². The molecule has 3 aliphatic rings. The molecular weight excluding hydrogens is 370 g/mol. The molecule has 4 heterocycles. The first-order valence-corrected chi connectivity index (χ1v) is 11.5. The maximum Gasteiger partial charge on any atom is 0.142 e. The summed E-state index contributed by atoms with van der Waals surface area (Å²) in [7, 11) is 0. The van der Waals surface area contributed by atoms with Crippen LogP contribution in [0.2, 0.25) is 0 Å². The number of fused-ring (bicyclic) bond motifs is 2. The van der Waals surface area contributed by atoms with Gasteiger partial charge in [-0.05, 0) is 62.1 Å². The Hall–Kier alpha value is -2.53. The molecule has 2 atom stereocenters. The summed E-state index contributed by atoms with van der Waals surface area (Å²) < 4.78 is 2.36. The number of pyridine rings is 1. The Labute approximate surface area is 178 Å². The van der Waals surface area contributed by atoms with Crippen molar-refractivity contribution in [3.8, 4) is 0 Å². The van der Waals surface area contributed by atoms with E-state index in [2.05, 4.69) is 74.9 Å². The number of hydrogen-bond donors (Lipinski definition) is 0. The number of aryl methyl sites for hydroxylation is 1. The molecule has 2 aromatic heterocycles. The van der Waals surface area contributed by atoms with Crippen molar-refractivity contribution < 1.29 is 0 Å². The van der Waals surface area contributed by atoms with Gasteiger partial charge in [0, 0.05) is 62.6 Å². The van der Waals surface area contributed by atoms with Gasteiger partial charge in [-0.2, -0.15) is 0 Å². The number of rotatable bonds is 5. The maximum absolute atomic E-state index is 5.10. The van der Waals surface area contributed by atoms with Gasteiger partial charge in [0.05, 0.1) is 0 Å². The fourth-order valence-corrected chi connectivity index (χ4v) is 5.50. The van der Waals surface area contributed by atoms with E-state index in [1.54, 1.807) is 0 Å². The summed E-state index contributed by atoms with van der Waals surface area (Å²) in [4.78, 5) is 12.7. The summed E-state index contributed by atoms with van der Waals surface area (Å²) in [5.74, 6) is 2.13. The Balaban J connectivity index is 1.15. The average Bonchev–Trinajstić information content (AvgIpc) is 3.28. The highest BCUT2D eigenvalue weighted by Crippen LogP contribution is 2.44. The van der Waals surface area contributed by atoms with Gasteiger partial charge in [-0.15, -0.1) is 0 Å². The van der Waals surface area contributed by atoms with Gasteiger partial charge in [0.1, 0.15) is 11.5 Å². The standard InChI is InChI=1S/C25H31N5/c1-19-4-2-3-5-22(19)28-12-15-29(16-13-28)24-7-6-20-8-11-30(25(20)26-24)17-14-27-10-9-21-18-23(21)27/h2-8,11,21,23H,9-10,12-18H2,1H3. The van der Waals surface area contributed by atoms with Gasteiger partial charge in [0.25, 0.3) is 0 Å². The van der Waals surface area contributed by atoms with E-state index in [1.165, 1.54) is 36.0 Å². The summed E-state index contributed by atoms with van der Waals surface area (Å²) in [5.41, 5.74) is 3.87. The van der Waals surface area contributed by atoms with Crippen LogP contribution in [0, 0.1) is 12.8 Å². The van der Waals surface area contributed by atoms with Gasteiger partial charge in [-0.3, -0.25) is 4.90 Å². The van der Waals surface area contributed by atoms with E-state index in [0.29, 0.717) is 0 Å². The number of para-hydroxylation sites is 1. The maximum atomic E-state index is 5.10. The fraction of sp³-hybridized carbons (Fsp3) is 0.480. The number of benzene rings is 1. The van der Waals surface area contributed by atoms with Crippen LogP contribution in [0.15, 0.2) is 48.7 Å². The zero-order valence-corrected chi connectivity index (χ0v) is 17.9. The molecule has 1 saturated carbocycles. The number of aromatic nitrogens is 2. The Morgan fingerprint density at radius 2 is 1.73 bits per heavy atom. The lowest BCUT2D eigenvalue weighted by Crippen LogP contribution is -2.47. The second-order valence-electron chi connectivity index (χ2n) is 9.24. The van der Waals surface area contributed by atoms with Crippen molar-refractivity contribution >= 4 is 22.5 Å². The van der Waals surface area contributed by atoms with Crippen LogP contribution < -0.4 is 9.80 Å². The van der Waals surface area contributed by atoms with E-state index in [1.807, 2.05) is 0 Å². The number of anilines is 2. The normalized spacial score (nSPS) is 23.9. The van der Waals surface area contributed by atoms with Crippen molar-refractivity contribution in [3.05, 3.63) is 54.2 Å². The highest BCUT2D eigenvalue weighted by atomic mass is 15.3. The molecule has 0 radical (unpaired) electrons. The predicted octanol–water partition coefficient (Wildman–Crippen LogP) is 3.77. The molecule has 156 valence electrons. The summed E-state index contributed by atoms with van der Waals surface area (Å²) >= 11 is 0. The summed E-state index contributed by atoms with van der Waals surface area (Å²) in [6.45, 7) is 9.83. The molecule has 1 aliphatic carbocycles. The van der Waals surface area contributed by atoms with E-state index in [0.717, 1.165) is 62.7 Å². The van der Waals surface area contributed by atoms with E-state index in [4.69, 9.17) is 4.98 Å². The summed E-state index contributed by atoms with van der Waals surface area (Å²) in [5, 5.41) is 1.25. The molecule has 5 nitrogen and oxygen atoms in total. The molecule has 30 heavy (non-hydrogen) atoms. The van der Waals surface area contributed by atoms with Crippen molar-refractivity contribution in [2.24, 2.45) is 5.92 Å².